The molecule has 2 rings (SSSR count). The second kappa shape index (κ2) is 5.54. The highest BCUT2D eigenvalue weighted by atomic mass is 35.5. The standard InChI is InChI=1S/C12H9ClN4O3/c13-8-4-2-1-3-7(8)12(18)16-10-6-5-9(17(19)20)11(14)15-10/h1-6H,(H3,14,15,16,18). The van der Waals surface area contributed by atoms with Crippen molar-refractivity contribution in [1.29, 1.82) is 0 Å². The smallest absolute Gasteiger partial charge is 0.311 e. The molecule has 0 saturated heterocycles. The average Bonchev–Trinajstić information content (AvgIpc) is 2.38. The molecule has 0 bridgehead atoms. The van der Waals surface area contributed by atoms with Crippen molar-refractivity contribution in [2.45, 2.75) is 0 Å². The molecule has 7 nitrogen and oxygen atoms in total. The first-order valence-corrected chi connectivity index (χ1v) is 5.83. The van der Waals surface area contributed by atoms with E-state index in [1.54, 1.807) is 24.3 Å². The van der Waals surface area contributed by atoms with Crippen molar-refractivity contribution in [2.24, 2.45) is 0 Å². The van der Waals surface area contributed by atoms with Crippen LogP contribution in [0.1, 0.15) is 10.4 Å². The number of nitrogens with zero attached hydrogens (tertiary/aromatic N) is 2. The third kappa shape index (κ3) is 2.83. The van der Waals surface area contributed by atoms with Gasteiger partial charge in [0.15, 0.2) is 0 Å². The Balaban J connectivity index is 2.23. The Bertz CT molecular complexity index is 690. The van der Waals surface area contributed by atoms with E-state index in [9.17, 15) is 14.9 Å². The number of rotatable bonds is 3. The van der Waals surface area contributed by atoms with Crippen LogP contribution in [-0.4, -0.2) is 15.8 Å². The molecule has 0 aliphatic carbocycles. The Hall–Kier alpha value is -2.67. The van der Waals surface area contributed by atoms with Gasteiger partial charge in [-0.05, 0) is 18.2 Å². The van der Waals surface area contributed by atoms with E-state index in [1.807, 2.05) is 0 Å². The van der Waals surface area contributed by atoms with Crippen LogP contribution in [0.5, 0.6) is 0 Å². The summed E-state index contributed by atoms with van der Waals surface area (Å²) in [5, 5.41) is 13.4. The monoisotopic (exact) mass is 292 g/mol. The highest BCUT2D eigenvalue weighted by Gasteiger charge is 2.15. The molecular formula is C12H9ClN4O3. The van der Waals surface area contributed by atoms with Crippen molar-refractivity contribution < 1.29 is 9.72 Å². The predicted molar refractivity (Wildman–Crippen MR) is 74.7 cm³/mol. The van der Waals surface area contributed by atoms with E-state index in [2.05, 4.69) is 10.3 Å². The van der Waals surface area contributed by atoms with Gasteiger partial charge < -0.3 is 11.1 Å². The number of nitrogens with two attached hydrogens (primary N) is 1. The zero-order valence-electron chi connectivity index (χ0n) is 10.0. The minimum Gasteiger partial charge on any atom is -0.378 e. The van der Waals surface area contributed by atoms with Crippen LogP contribution < -0.4 is 11.1 Å². The lowest BCUT2D eigenvalue weighted by atomic mass is 10.2. The zero-order valence-corrected chi connectivity index (χ0v) is 10.8. The van der Waals surface area contributed by atoms with Crippen molar-refractivity contribution >= 4 is 34.8 Å². The van der Waals surface area contributed by atoms with Gasteiger partial charge in [-0.2, -0.15) is 0 Å². The molecule has 102 valence electrons. The predicted octanol–water partition coefficient (Wildman–Crippen LogP) is 2.48. The molecule has 0 aliphatic rings. The van der Waals surface area contributed by atoms with Crippen molar-refractivity contribution in [2.75, 3.05) is 11.1 Å². The lowest BCUT2D eigenvalue weighted by Crippen LogP contribution is -2.14. The molecule has 1 aromatic carbocycles. The molecule has 8 heteroatoms. The van der Waals surface area contributed by atoms with Gasteiger partial charge >= 0.3 is 5.69 Å². The van der Waals surface area contributed by atoms with Gasteiger partial charge in [-0.3, -0.25) is 14.9 Å². The molecule has 2 aromatic rings. The summed E-state index contributed by atoms with van der Waals surface area (Å²) in [6.45, 7) is 0. The van der Waals surface area contributed by atoms with Gasteiger partial charge in [0, 0.05) is 6.07 Å². The number of carbonyl (C=O) groups excluding carboxylic acids is 1. The van der Waals surface area contributed by atoms with Crippen LogP contribution in [0.2, 0.25) is 5.02 Å². The van der Waals surface area contributed by atoms with Crippen LogP contribution in [0, 0.1) is 10.1 Å². The van der Waals surface area contributed by atoms with Gasteiger partial charge in [-0.15, -0.1) is 0 Å². The summed E-state index contributed by atoms with van der Waals surface area (Å²) in [6, 6.07) is 8.95. The second-order valence-electron chi connectivity index (χ2n) is 3.79. The maximum Gasteiger partial charge on any atom is 0.311 e. The van der Waals surface area contributed by atoms with Gasteiger partial charge in [0.1, 0.15) is 5.82 Å². The number of pyridine rings is 1. The normalized spacial score (nSPS) is 10.1. The number of carbonyl (C=O) groups is 1. The summed E-state index contributed by atoms with van der Waals surface area (Å²) in [4.78, 5) is 25.7. The van der Waals surface area contributed by atoms with Crippen LogP contribution in [0.4, 0.5) is 17.3 Å². The van der Waals surface area contributed by atoms with E-state index in [1.165, 1.54) is 12.1 Å². The maximum absolute atomic E-state index is 12.0. The quantitative estimate of drug-likeness (QED) is 0.667. The number of benzene rings is 1. The Labute approximate surface area is 118 Å². The molecule has 0 saturated carbocycles. The minimum absolute atomic E-state index is 0.109. The van der Waals surface area contributed by atoms with Gasteiger partial charge in [0.05, 0.1) is 15.5 Å². The van der Waals surface area contributed by atoms with E-state index < -0.39 is 10.8 Å². The highest BCUT2D eigenvalue weighted by Crippen LogP contribution is 2.22. The Morgan fingerprint density at radius 1 is 1.30 bits per heavy atom. The number of nitro groups is 1. The topological polar surface area (TPSA) is 111 Å². The van der Waals surface area contributed by atoms with E-state index in [0.29, 0.717) is 5.02 Å². The largest absolute Gasteiger partial charge is 0.378 e. The second-order valence-corrected chi connectivity index (χ2v) is 4.20. The van der Waals surface area contributed by atoms with Crippen LogP contribution in [0.3, 0.4) is 0 Å². The third-order valence-corrected chi connectivity index (χ3v) is 2.79. The lowest BCUT2D eigenvalue weighted by molar-refractivity contribution is -0.384. The molecule has 0 spiro atoms. The Morgan fingerprint density at radius 3 is 2.60 bits per heavy atom. The van der Waals surface area contributed by atoms with Crippen molar-refractivity contribution in [1.82, 2.24) is 4.98 Å². The van der Waals surface area contributed by atoms with Crippen molar-refractivity contribution in [3.8, 4) is 0 Å². The Morgan fingerprint density at radius 2 is 2.00 bits per heavy atom. The molecule has 0 atom stereocenters. The van der Waals surface area contributed by atoms with E-state index in [0.717, 1.165) is 0 Å². The van der Waals surface area contributed by atoms with Gasteiger partial charge in [0.25, 0.3) is 5.91 Å². The van der Waals surface area contributed by atoms with Crippen LogP contribution in [0.15, 0.2) is 36.4 Å². The fraction of sp³-hybridized carbons (Fsp3) is 0. The van der Waals surface area contributed by atoms with Gasteiger partial charge in [-0.25, -0.2) is 4.98 Å². The van der Waals surface area contributed by atoms with Crippen molar-refractivity contribution in [3.05, 3.63) is 57.1 Å². The van der Waals surface area contributed by atoms with Crippen molar-refractivity contribution in [3.63, 3.8) is 0 Å². The molecule has 20 heavy (non-hydrogen) atoms. The summed E-state index contributed by atoms with van der Waals surface area (Å²) >= 11 is 5.89. The number of hydrogen-bond acceptors (Lipinski definition) is 5. The first kappa shape index (κ1) is 13.8. The third-order valence-electron chi connectivity index (χ3n) is 2.46. The number of amides is 1. The summed E-state index contributed by atoms with van der Waals surface area (Å²) in [6.07, 6.45) is 0. The molecule has 1 heterocycles. The minimum atomic E-state index is -0.651. The van der Waals surface area contributed by atoms with Gasteiger partial charge in [0.2, 0.25) is 5.82 Å². The van der Waals surface area contributed by atoms with E-state index in [-0.39, 0.29) is 22.9 Å². The number of nitrogen functional groups attached to an aromatic ring is 1. The average molecular weight is 293 g/mol. The molecule has 1 aromatic heterocycles. The summed E-state index contributed by atoms with van der Waals surface area (Å²) in [7, 11) is 0. The number of nitrogens with one attached hydrogen (secondary N) is 1. The number of halogens is 1. The summed E-state index contributed by atoms with van der Waals surface area (Å²) < 4.78 is 0. The highest BCUT2D eigenvalue weighted by molar-refractivity contribution is 6.34. The SMILES string of the molecule is Nc1nc(NC(=O)c2ccccc2Cl)ccc1[N+](=O)[O-]. The Kier molecular flexibility index (Phi) is 3.81. The van der Waals surface area contributed by atoms with E-state index in [4.69, 9.17) is 17.3 Å². The molecule has 1 amide bonds. The summed E-state index contributed by atoms with van der Waals surface area (Å²) in [5.41, 5.74) is 5.39. The number of anilines is 2. The molecule has 0 fully saturated rings. The van der Waals surface area contributed by atoms with Crippen LogP contribution in [0.25, 0.3) is 0 Å². The fourth-order valence-electron chi connectivity index (χ4n) is 1.52. The van der Waals surface area contributed by atoms with Gasteiger partial charge in [-0.1, -0.05) is 23.7 Å². The molecular weight excluding hydrogens is 284 g/mol. The van der Waals surface area contributed by atoms with E-state index >= 15 is 0 Å². The number of aromatic nitrogens is 1. The van der Waals surface area contributed by atoms with Crippen LogP contribution >= 0.6 is 11.6 Å². The summed E-state index contributed by atoms with van der Waals surface area (Å²) in [5.74, 6) is -0.638. The first-order valence-electron chi connectivity index (χ1n) is 5.46. The van der Waals surface area contributed by atoms with Crippen LogP contribution in [-0.2, 0) is 0 Å². The first-order chi connectivity index (χ1) is 9.49. The number of hydrogen-bond donors (Lipinski definition) is 2. The maximum atomic E-state index is 12.0. The molecule has 0 unspecified atom stereocenters. The fourth-order valence-corrected chi connectivity index (χ4v) is 1.74. The zero-order chi connectivity index (χ0) is 14.7. The lowest BCUT2D eigenvalue weighted by Gasteiger charge is -2.06. The molecule has 0 radical (unpaired) electrons. The molecule has 3 N–H and O–H groups in total. The molecule has 0 aliphatic heterocycles.